The Labute approximate surface area is 169 Å². The maximum absolute atomic E-state index is 12.7. The van der Waals surface area contributed by atoms with Crippen LogP contribution in [0.3, 0.4) is 0 Å². The summed E-state index contributed by atoms with van der Waals surface area (Å²) in [6.07, 6.45) is 1.25. The quantitative estimate of drug-likeness (QED) is 0.451. The molecule has 29 heavy (non-hydrogen) atoms. The standard InChI is InChI=1S/C18H18N6O4S/c1-9-2-3-13(28-7-10-6-21-17(20)23-15(10)19)12(4-9)16(27)24-18-22-11(8-29-18)5-14(25)26/h2-4,6,8H,5,7H2,1H3,(H,25,26)(H,22,24,27)(H4,19,20,21,23). The fourth-order valence-electron chi connectivity index (χ4n) is 2.41. The van der Waals surface area contributed by atoms with Crippen LogP contribution >= 0.6 is 11.3 Å². The molecule has 3 aromatic rings. The van der Waals surface area contributed by atoms with Crippen LogP contribution in [0.15, 0.2) is 29.8 Å². The van der Waals surface area contributed by atoms with E-state index in [4.69, 9.17) is 21.3 Å². The Morgan fingerprint density at radius 1 is 1.28 bits per heavy atom. The third-order valence-corrected chi connectivity index (χ3v) is 4.59. The lowest BCUT2D eigenvalue weighted by molar-refractivity contribution is -0.136. The van der Waals surface area contributed by atoms with Crippen molar-refractivity contribution in [1.29, 1.82) is 0 Å². The molecule has 2 heterocycles. The van der Waals surface area contributed by atoms with E-state index in [0.29, 0.717) is 27.7 Å². The number of nitrogens with one attached hydrogen (secondary N) is 1. The topological polar surface area (TPSA) is 166 Å². The lowest BCUT2D eigenvalue weighted by Gasteiger charge is -2.12. The highest BCUT2D eigenvalue weighted by atomic mass is 32.1. The largest absolute Gasteiger partial charge is 0.488 e. The molecule has 10 nitrogen and oxygen atoms in total. The Morgan fingerprint density at radius 3 is 2.79 bits per heavy atom. The Hall–Kier alpha value is -3.73. The average molecular weight is 414 g/mol. The number of nitrogens with zero attached hydrogens (tertiary/aromatic N) is 3. The van der Waals surface area contributed by atoms with Crippen molar-refractivity contribution in [3.8, 4) is 5.75 Å². The fourth-order valence-corrected chi connectivity index (χ4v) is 3.12. The zero-order valence-electron chi connectivity index (χ0n) is 15.4. The van der Waals surface area contributed by atoms with E-state index < -0.39 is 11.9 Å². The number of amides is 1. The number of thiazole rings is 1. The van der Waals surface area contributed by atoms with Crippen molar-refractivity contribution < 1.29 is 19.4 Å². The SMILES string of the molecule is Cc1ccc(OCc2cnc(N)nc2N)c(C(=O)Nc2nc(CC(=O)O)cs2)c1. The minimum atomic E-state index is -0.992. The van der Waals surface area contributed by atoms with Gasteiger partial charge in [0, 0.05) is 11.6 Å². The summed E-state index contributed by atoms with van der Waals surface area (Å²) in [4.78, 5) is 35.4. The van der Waals surface area contributed by atoms with Crippen molar-refractivity contribution in [3.05, 3.63) is 52.2 Å². The zero-order chi connectivity index (χ0) is 21.0. The smallest absolute Gasteiger partial charge is 0.309 e. The molecule has 11 heteroatoms. The first kappa shape index (κ1) is 20.0. The number of ether oxygens (including phenoxy) is 1. The van der Waals surface area contributed by atoms with Gasteiger partial charge in [-0.15, -0.1) is 11.3 Å². The van der Waals surface area contributed by atoms with Crippen LogP contribution in [0.1, 0.15) is 27.2 Å². The van der Waals surface area contributed by atoms with Gasteiger partial charge in [0.2, 0.25) is 5.95 Å². The van der Waals surface area contributed by atoms with Gasteiger partial charge in [0.1, 0.15) is 18.2 Å². The molecule has 0 aliphatic rings. The first-order chi connectivity index (χ1) is 13.8. The Bertz CT molecular complexity index is 1070. The van der Waals surface area contributed by atoms with Gasteiger partial charge in [-0.1, -0.05) is 11.6 Å². The molecule has 0 unspecified atom stereocenters. The van der Waals surface area contributed by atoms with E-state index in [1.165, 1.54) is 6.20 Å². The summed E-state index contributed by atoms with van der Waals surface area (Å²) in [6.45, 7) is 1.90. The number of aromatic nitrogens is 3. The van der Waals surface area contributed by atoms with Crippen LogP contribution in [0.5, 0.6) is 5.75 Å². The van der Waals surface area contributed by atoms with Gasteiger partial charge in [-0.2, -0.15) is 4.98 Å². The minimum Gasteiger partial charge on any atom is -0.488 e. The van der Waals surface area contributed by atoms with Crippen LogP contribution < -0.4 is 21.5 Å². The van der Waals surface area contributed by atoms with Gasteiger partial charge in [-0.25, -0.2) is 9.97 Å². The van der Waals surface area contributed by atoms with Crippen molar-refractivity contribution in [1.82, 2.24) is 15.0 Å². The predicted molar refractivity (Wildman–Crippen MR) is 108 cm³/mol. The summed E-state index contributed by atoms with van der Waals surface area (Å²) in [6, 6.07) is 5.17. The maximum atomic E-state index is 12.7. The lowest BCUT2D eigenvalue weighted by atomic mass is 10.1. The van der Waals surface area contributed by atoms with Crippen molar-refractivity contribution in [2.24, 2.45) is 0 Å². The number of nitrogen functional groups attached to an aromatic ring is 2. The average Bonchev–Trinajstić information content (AvgIpc) is 3.07. The van der Waals surface area contributed by atoms with Crippen LogP contribution in [0.25, 0.3) is 0 Å². The molecule has 0 saturated heterocycles. The second-order valence-electron chi connectivity index (χ2n) is 6.10. The van der Waals surface area contributed by atoms with Gasteiger partial charge in [-0.05, 0) is 19.1 Å². The summed E-state index contributed by atoms with van der Waals surface area (Å²) in [5, 5.41) is 13.4. The Morgan fingerprint density at radius 2 is 2.07 bits per heavy atom. The maximum Gasteiger partial charge on any atom is 0.309 e. The van der Waals surface area contributed by atoms with Crippen LogP contribution in [-0.2, 0) is 17.8 Å². The number of anilines is 3. The van der Waals surface area contributed by atoms with Gasteiger partial charge in [0.15, 0.2) is 5.13 Å². The van der Waals surface area contributed by atoms with Gasteiger partial charge < -0.3 is 21.3 Å². The molecule has 0 fully saturated rings. The molecule has 2 aromatic heterocycles. The highest BCUT2D eigenvalue weighted by molar-refractivity contribution is 7.14. The number of nitrogens with two attached hydrogens (primary N) is 2. The van der Waals surface area contributed by atoms with E-state index in [0.717, 1.165) is 16.9 Å². The van der Waals surface area contributed by atoms with E-state index in [9.17, 15) is 9.59 Å². The summed E-state index contributed by atoms with van der Waals surface area (Å²) >= 11 is 1.15. The minimum absolute atomic E-state index is 0.0511. The number of hydrogen-bond donors (Lipinski definition) is 4. The molecule has 6 N–H and O–H groups in total. The number of carbonyl (C=O) groups is 2. The number of carbonyl (C=O) groups excluding carboxylic acids is 1. The van der Waals surface area contributed by atoms with Crippen LogP contribution in [-0.4, -0.2) is 31.9 Å². The molecular formula is C18H18N6O4S. The van der Waals surface area contributed by atoms with E-state index in [1.54, 1.807) is 17.5 Å². The van der Waals surface area contributed by atoms with Crippen LogP contribution in [0, 0.1) is 6.92 Å². The first-order valence-corrected chi connectivity index (χ1v) is 9.27. The Balaban J connectivity index is 1.76. The first-order valence-electron chi connectivity index (χ1n) is 8.39. The van der Waals surface area contributed by atoms with Crippen molar-refractivity contribution >= 4 is 40.1 Å². The normalized spacial score (nSPS) is 10.5. The number of aliphatic carboxylic acids is 1. The summed E-state index contributed by atoms with van der Waals surface area (Å²) in [5.41, 5.74) is 13.4. The van der Waals surface area contributed by atoms with Crippen molar-refractivity contribution in [2.45, 2.75) is 20.0 Å². The molecule has 0 aliphatic carbocycles. The molecule has 150 valence electrons. The van der Waals surface area contributed by atoms with E-state index in [-0.39, 0.29) is 24.8 Å². The van der Waals surface area contributed by atoms with Gasteiger partial charge in [0.25, 0.3) is 5.91 Å². The van der Waals surface area contributed by atoms with Gasteiger partial charge in [0.05, 0.1) is 23.2 Å². The third-order valence-electron chi connectivity index (χ3n) is 3.78. The monoisotopic (exact) mass is 414 g/mol. The Kier molecular flexibility index (Phi) is 5.88. The van der Waals surface area contributed by atoms with Crippen LogP contribution in [0.2, 0.25) is 0 Å². The summed E-state index contributed by atoms with van der Waals surface area (Å²) in [5.74, 6) is -0.821. The van der Waals surface area contributed by atoms with Crippen molar-refractivity contribution in [3.63, 3.8) is 0 Å². The number of carboxylic acids is 1. The summed E-state index contributed by atoms with van der Waals surface area (Å²) in [7, 11) is 0. The van der Waals surface area contributed by atoms with E-state index in [1.807, 2.05) is 13.0 Å². The van der Waals surface area contributed by atoms with Gasteiger partial charge >= 0.3 is 5.97 Å². The predicted octanol–water partition coefficient (Wildman–Crippen LogP) is 1.86. The molecule has 0 atom stereocenters. The number of hydrogen-bond acceptors (Lipinski definition) is 9. The number of carboxylic acid groups (broad SMARTS) is 1. The summed E-state index contributed by atoms with van der Waals surface area (Å²) < 4.78 is 5.76. The van der Waals surface area contributed by atoms with Gasteiger partial charge in [-0.3, -0.25) is 14.9 Å². The number of aryl methyl sites for hydroxylation is 1. The van der Waals surface area contributed by atoms with E-state index in [2.05, 4.69) is 20.3 Å². The number of rotatable bonds is 7. The molecule has 0 aliphatic heterocycles. The lowest BCUT2D eigenvalue weighted by Crippen LogP contribution is -2.14. The molecule has 3 rings (SSSR count). The molecule has 1 amide bonds. The van der Waals surface area contributed by atoms with Crippen molar-refractivity contribution in [2.75, 3.05) is 16.8 Å². The molecule has 1 aromatic carbocycles. The molecule has 0 bridgehead atoms. The van der Waals surface area contributed by atoms with Crippen LogP contribution in [0.4, 0.5) is 16.9 Å². The zero-order valence-corrected chi connectivity index (χ0v) is 16.2. The highest BCUT2D eigenvalue weighted by Gasteiger charge is 2.16. The number of benzene rings is 1. The highest BCUT2D eigenvalue weighted by Crippen LogP contribution is 2.24. The second-order valence-corrected chi connectivity index (χ2v) is 6.95. The molecule has 0 saturated carbocycles. The fraction of sp³-hybridized carbons (Fsp3) is 0.167. The van der Waals surface area contributed by atoms with E-state index >= 15 is 0 Å². The third kappa shape index (κ3) is 5.17. The second kappa shape index (κ2) is 8.52. The molecule has 0 spiro atoms. The molecular weight excluding hydrogens is 396 g/mol. The molecule has 0 radical (unpaired) electrons.